The van der Waals surface area contributed by atoms with Crippen LogP contribution < -0.4 is 0 Å². The molecule has 4 atom stereocenters. The molecule has 0 amide bonds. The number of ketones is 1. The minimum Gasteiger partial charge on any atom is -0.490 e. The zero-order valence-electron chi connectivity index (χ0n) is 28.9. The van der Waals surface area contributed by atoms with E-state index in [9.17, 15) is 9.59 Å². The van der Waals surface area contributed by atoms with E-state index in [0.717, 1.165) is 51.4 Å². The summed E-state index contributed by atoms with van der Waals surface area (Å²) in [6, 6.07) is 0. The van der Waals surface area contributed by atoms with Crippen LogP contribution in [0.3, 0.4) is 0 Å². The monoisotopic (exact) mass is 624 g/mol. The van der Waals surface area contributed by atoms with E-state index in [1.807, 2.05) is 6.08 Å². The van der Waals surface area contributed by atoms with Gasteiger partial charge in [-0.2, -0.15) is 0 Å². The van der Waals surface area contributed by atoms with Gasteiger partial charge in [-0.3, -0.25) is 9.59 Å². The first-order valence-corrected chi connectivity index (χ1v) is 17.9. The first-order chi connectivity index (χ1) is 21.9. The molecule has 0 N–H and O–H groups in total. The second-order valence-electron chi connectivity index (χ2n) is 12.7. The summed E-state index contributed by atoms with van der Waals surface area (Å²) in [7, 11) is 0. The summed E-state index contributed by atoms with van der Waals surface area (Å²) in [4.78, 5) is 25.8. The predicted molar refractivity (Wildman–Crippen MR) is 187 cm³/mol. The first kappa shape index (κ1) is 40.3. The number of ether oxygens (including phenoxy) is 3. The van der Waals surface area contributed by atoms with Gasteiger partial charge in [-0.05, 0) is 50.0 Å². The number of carbonyl (C=O) groups excluding carboxylic acids is 2. The van der Waals surface area contributed by atoms with Crippen molar-refractivity contribution in [2.24, 2.45) is 23.7 Å². The molecule has 1 fully saturated rings. The van der Waals surface area contributed by atoms with E-state index in [4.69, 9.17) is 14.2 Å². The van der Waals surface area contributed by atoms with Crippen molar-refractivity contribution in [3.63, 3.8) is 0 Å². The van der Waals surface area contributed by atoms with Crippen LogP contribution in [0.25, 0.3) is 0 Å². The highest BCUT2D eigenvalue weighted by Crippen LogP contribution is 2.39. The maximum atomic E-state index is 12.9. The van der Waals surface area contributed by atoms with Crippen LogP contribution in [0.4, 0.5) is 0 Å². The normalized spacial score (nSPS) is 18.1. The summed E-state index contributed by atoms with van der Waals surface area (Å²) >= 11 is 0. The summed E-state index contributed by atoms with van der Waals surface area (Å²) in [5.74, 6) is 1.20. The van der Waals surface area contributed by atoms with Crippen molar-refractivity contribution in [3.05, 3.63) is 61.4 Å². The molecule has 1 aliphatic carbocycles. The van der Waals surface area contributed by atoms with Crippen LogP contribution in [0, 0.1) is 23.7 Å². The van der Waals surface area contributed by atoms with Crippen LogP contribution in [0.2, 0.25) is 0 Å². The number of hydrogen-bond donors (Lipinski definition) is 0. The minimum atomic E-state index is -0.215. The fraction of sp³-hybridized carbons (Fsp3) is 0.700. The van der Waals surface area contributed by atoms with Gasteiger partial charge in [-0.25, -0.2) is 0 Å². The molecule has 254 valence electrons. The molecule has 1 rings (SSSR count). The quantitative estimate of drug-likeness (QED) is 0.0216. The highest BCUT2D eigenvalue weighted by molar-refractivity contribution is 5.91. The van der Waals surface area contributed by atoms with E-state index in [1.165, 1.54) is 57.4 Å². The lowest BCUT2D eigenvalue weighted by atomic mass is 9.69. The van der Waals surface area contributed by atoms with Crippen molar-refractivity contribution in [1.82, 2.24) is 0 Å². The minimum absolute atomic E-state index is 0.0774. The summed E-state index contributed by atoms with van der Waals surface area (Å²) in [6.07, 6.45) is 22.3. The zero-order valence-corrected chi connectivity index (χ0v) is 28.9. The third-order valence-electron chi connectivity index (χ3n) is 8.97. The van der Waals surface area contributed by atoms with Gasteiger partial charge < -0.3 is 14.2 Å². The number of hydrogen-bond acceptors (Lipinski definition) is 5. The number of unbranched alkanes of at least 4 members (excludes halogenated alkanes) is 10. The predicted octanol–water partition coefficient (Wildman–Crippen LogP) is 10.8. The molecule has 0 bridgehead atoms. The second-order valence-corrected chi connectivity index (χ2v) is 12.7. The Morgan fingerprint density at radius 3 is 1.82 bits per heavy atom. The molecule has 1 aliphatic rings. The van der Waals surface area contributed by atoms with Crippen molar-refractivity contribution >= 4 is 11.8 Å². The average Bonchev–Trinajstić information content (AvgIpc) is 3.04. The molecule has 0 aliphatic heterocycles. The maximum Gasteiger partial charge on any atom is 0.306 e. The first-order valence-electron chi connectivity index (χ1n) is 17.9. The van der Waals surface area contributed by atoms with Crippen LogP contribution in [-0.2, 0) is 23.8 Å². The van der Waals surface area contributed by atoms with Gasteiger partial charge in [0.1, 0.15) is 11.5 Å². The molecule has 5 nitrogen and oxygen atoms in total. The van der Waals surface area contributed by atoms with Gasteiger partial charge in [-0.1, -0.05) is 122 Å². The summed E-state index contributed by atoms with van der Waals surface area (Å²) in [6.45, 7) is 21.3. The molecule has 45 heavy (non-hydrogen) atoms. The smallest absolute Gasteiger partial charge is 0.306 e. The molecule has 0 aromatic carbocycles. The average molecular weight is 625 g/mol. The van der Waals surface area contributed by atoms with Crippen molar-refractivity contribution in [2.75, 3.05) is 19.8 Å². The largest absolute Gasteiger partial charge is 0.490 e. The van der Waals surface area contributed by atoms with Crippen LogP contribution >= 0.6 is 0 Å². The Labute approximate surface area is 275 Å². The molecule has 2 unspecified atom stereocenters. The van der Waals surface area contributed by atoms with Crippen LogP contribution in [0.15, 0.2) is 61.4 Å². The van der Waals surface area contributed by atoms with E-state index >= 15 is 0 Å². The Hall–Kier alpha value is -2.74. The van der Waals surface area contributed by atoms with Gasteiger partial charge >= 0.3 is 5.97 Å². The summed E-state index contributed by atoms with van der Waals surface area (Å²) < 4.78 is 18.0. The van der Waals surface area contributed by atoms with E-state index in [2.05, 4.69) is 51.6 Å². The van der Waals surface area contributed by atoms with Gasteiger partial charge in [0.25, 0.3) is 0 Å². The topological polar surface area (TPSA) is 61.8 Å². The molecule has 0 saturated heterocycles. The molecular weight excluding hydrogens is 560 g/mol. The molecule has 0 aromatic heterocycles. The van der Waals surface area contributed by atoms with Crippen molar-refractivity contribution in [3.8, 4) is 0 Å². The van der Waals surface area contributed by atoms with Gasteiger partial charge in [0.05, 0.1) is 19.8 Å². The van der Waals surface area contributed by atoms with Gasteiger partial charge in [0.15, 0.2) is 5.78 Å². The molecule has 5 heteroatoms. The fourth-order valence-electron chi connectivity index (χ4n) is 6.41. The van der Waals surface area contributed by atoms with E-state index in [0.29, 0.717) is 44.2 Å². The van der Waals surface area contributed by atoms with Crippen LogP contribution in [-0.4, -0.2) is 31.6 Å². The fourth-order valence-corrected chi connectivity index (χ4v) is 6.41. The molecule has 0 heterocycles. The summed E-state index contributed by atoms with van der Waals surface area (Å²) in [5.41, 5.74) is 5.93. The molecule has 0 radical (unpaired) electrons. The second kappa shape index (κ2) is 26.5. The van der Waals surface area contributed by atoms with Gasteiger partial charge in [0, 0.05) is 31.1 Å². The Kier molecular flexibility index (Phi) is 23.7. The number of rotatable bonds is 28. The molecule has 1 saturated carbocycles. The van der Waals surface area contributed by atoms with Gasteiger partial charge in [0.2, 0.25) is 0 Å². The maximum absolute atomic E-state index is 12.9. The molecular formula is C40H64O5. The standard InChI is InChI=1S/C40H64O5/c1-7-13-15-17-19-21-27-43-36(10-4)29-33(31-39(42)44-28-22-20-18-16-14-8-2)30-37(11-5)45-32-35-26-23-25-34(24-9-3)40(35)38(41)12-6/h9,12,33-35,40H,3-8,13-32H2,1-2H3/t33?,34-,35-,40?/m0/s1. The number of esters is 1. The van der Waals surface area contributed by atoms with Gasteiger partial charge in [-0.15, -0.1) is 6.58 Å². The van der Waals surface area contributed by atoms with E-state index in [-0.39, 0.29) is 41.8 Å². The lowest BCUT2D eigenvalue weighted by molar-refractivity contribution is -0.145. The highest BCUT2D eigenvalue weighted by atomic mass is 16.5. The Morgan fingerprint density at radius 2 is 1.27 bits per heavy atom. The lowest BCUT2D eigenvalue weighted by Crippen LogP contribution is -2.36. The Balaban J connectivity index is 2.83. The molecule has 0 aromatic rings. The number of allylic oxidation sites excluding steroid dienone is 4. The summed E-state index contributed by atoms with van der Waals surface area (Å²) in [5, 5.41) is 0. The van der Waals surface area contributed by atoms with Crippen LogP contribution in [0.5, 0.6) is 0 Å². The van der Waals surface area contributed by atoms with Crippen molar-refractivity contribution < 1.29 is 23.8 Å². The van der Waals surface area contributed by atoms with Crippen molar-refractivity contribution in [2.45, 2.75) is 136 Å². The number of carbonyl (C=O) groups is 2. The van der Waals surface area contributed by atoms with Crippen molar-refractivity contribution in [1.29, 1.82) is 0 Å². The third-order valence-corrected chi connectivity index (χ3v) is 8.97. The zero-order chi connectivity index (χ0) is 33.1. The van der Waals surface area contributed by atoms with E-state index < -0.39 is 0 Å². The Morgan fingerprint density at radius 1 is 0.733 bits per heavy atom. The van der Waals surface area contributed by atoms with E-state index in [1.54, 1.807) is 0 Å². The molecule has 0 spiro atoms. The highest BCUT2D eigenvalue weighted by Gasteiger charge is 2.37. The van der Waals surface area contributed by atoms with Crippen LogP contribution in [0.1, 0.15) is 136 Å². The Bertz CT molecular complexity index is 952. The third kappa shape index (κ3) is 18.1. The SMILES string of the molecule is C=C=C(CC(CC(=O)OCCCCCCCC)CC(=C=C)OC[C@@H]1CCC[C@H](CC=C)C1C(=O)C=C)OCCCCCCCC. The lowest BCUT2D eigenvalue weighted by Gasteiger charge is -2.36.